The summed E-state index contributed by atoms with van der Waals surface area (Å²) >= 11 is 1.67. The lowest BCUT2D eigenvalue weighted by molar-refractivity contribution is -0.385. The molecule has 20 heavy (non-hydrogen) atoms. The molecule has 0 aliphatic carbocycles. The number of nitro groups is 1. The van der Waals surface area contributed by atoms with Gasteiger partial charge in [0, 0.05) is 41.9 Å². The summed E-state index contributed by atoms with van der Waals surface area (Å²) in [5.74, 6) is 0.255. The molecule has 1 N–H and O–H groups in total. The van der Waals surface area contributed by atoms with Gasteiger partial charge in [-0.2, -0.15) is 0 Å². The van der Waals surface area contributed by atoms with Gasteiger partial charge in [-0.25, -0.2) is 4.98 Å². The van der Waals surface area contributed by atoms with Crippen LogP contribution in [0.2, 0.25) is 0 Å². The molecule has 0 amide bonds. The number of ether oxygens (including phenoxy) is 1. The first-order valence-electron chi connectivity index (χ1n) is 6.07. The number of methoxy groups -OCH3 is 1. The molecule has 0 aliphatic rings. The number of rotatable bonds is 6. The molecule has 1 heterocycles. The van der Waals surface area contributed by atoms with Crippen LogP contribution in [0.25, 0.3) is 0 Å². The molecule has 106 valence electrons. The van der Waals surface area contributed by atoms with Crippen molar-refractivity contribution in [3.05, 3.63) is 44.4 Å². The van der Waals surface area contributed by atoms with Crippen molar-refractivity contribution in [1.82, 2.24) is 4.98 Å². The summed E-state index contributed by atoms with van der Waals surface area (Å²) in [6, 6.07) is 4.74. The second kappa shape index (κ2) is 6.33. The summed E-state index contributed by atoms with van der Waals surface area (Å²) in [5.41, 5.74) is 0.759. The molecule has 2 aromatic rings. The van der Waals surface area contributed by atoms with Gasteiger partial charge in [0.05, 0.1) is 17.0 Å². The van der Waals surface area contributed by atoms with Gasteiger partial charge in [-0.05, 0) is 13.0 Å². The maximum absolute atomic E-state index is 10.8. The van der Waals surface area contributed by atoms with Gasteiger partial charge in [0.25, 0.3) is 0 Å². The van der Waals surface area contributed by atoms with Crippen molar-refractivity contribution in [2.24, 2.45) is 0 Å². The topological polar surface area (TPSA) is 77.3 Å². The van der Waals surface area contributed by atoms with Crippen LogP contribution in [0.5, 0.6) is 5.75 Å². The van der Waals surface area contributed by atoms with E-state index in [-0.39, 0.29) is 11.4 Å². The van der Waals surface area contributed by atoms with E-state index >= 15 is 0 Å². The Morgan fingerprint density at radius 3 is 2.90 bits per heavy atom. The van der Waals surface area contributed by atoms with Crippen molar-refractivity contribution >= 4 is 22.7 Å². The fourth-order valence-electron chi connectivity index (χ4n) is 1.77. The molecular formula is C13H15N3O3S. The zero-order chi connectivity index (χ0) is 14.5. The largest absolute Gasteiger partial charge is 0.490 e. The van der Waals surface area contributed by atoms with E-state index in [2.05, 4.69) is 10.3 Å². The van der Waals surface area contributed by atoms with E-state index in [1.807, 2.05) is 13.1 Å². The van der Waals surface area contributed by atoms with Crippen LogP contribution >= 0.6 is 11.3 Å². The van der Waals surface area contributed by atoms with E-state index < -0.39 is 4.92 Å². The van der Waals surface area contributed by atoms with E-state index in [4.69, 9.17) is 4.74 Å². The Bertz CT molecular complexity index is 613. The third kappa shape index (κ3) is 3.45. The molecule has 0 aliphatic heterocycles. The lowest BCUT2D eigenvalue weighted by Crippen LogP contribution is -2.05. The lowest BCUT2D eigenvalue weighted by Gasteiger charge is -2.07. The van der Waals surface area contributed by atoms with E-state index in [0.29, 0.717) is 6.54 Å². The van der Waals surface area contributed by atoms with Crippen molar-refractivity contribution in [2.75, 3.05) is 19.0 Å². The number of aryl methyl sites for hydroxylation is 1. The van der Waals surface area contributed by atoms with E-state index in [1.54, 1.807) is 23.5 Å². The highest BCUT2D eigenvalue weighted by Crippen LogP contribution is 2.29. The normalized spacial score (nSPS) is 10.3. The monoisotopic (exact) mass is 293 g/mol. The fourth-order valence-corrected chi connectivity index (χ4v) is 2.56. The second-order valence-electron chi connectivity index (χ2n) is 4.19. The summed E-state index contributed by atoms with van der Waals surface area (Å²) < 4.78 is 5.02. The molecule has 1 aromatic heterocycles. The number of hydrogen-bond acceptors (Lipinski definition) is 6. The average molecular weight is 293 g/mol. The standard InChI is InChI=1S/C13H15N3O3S/c1-9-8-15-13(20-9)5-6-14-10-3-4-11(16(17)18)12(7-10)19-2/h3-4,7-8,14H,5-6H2,1-2H3. The van der Waals surface area contributed by atoms with Gasteiger partial charge in [0.2, 0.25) is 0 Å². The Labute approximate surface area is 120 Å². The van der Waals surface area contributed by atoms with E-state index in [9.17, 15) is 10.1 Å². The van der Waals surface area contributed by atoms with Crippen LogP contribution in [-0.4, -0.2) is 23.6 Å². The maximum Gasteiger partial charge on any atom is 0.311 e. The van der Waals surface area contributed by atoms with E-state index in [0.717, 1.165) is 17.1 Å². The molecule has 7 heteroatoms. The first-order valence-corrected chi connectivity index (χ1v) is 6.89. The zero-order valence-corrected chi connectivity index (χ0v) is 12.1. The molecule has 0 radical (unpaired) electrons. The second-order valence-corrected chi connectivity index (χ2v) is 5.50. The summed E-state index contributed by atoms with van der Waals surface area (Å²) in [6.45, 7) is 2.74. The molecule has 0 fully saturated rings. The lowest BCUT2D eigenvalue weighted by atomic mass is 10.2. The quantitative estimate of drug-likeness (QED) is 0.654. The van der Waals surface area contributed by atoms with Gasteiger partial charge in [-0.1, -0.05) is 0 Å². The highest BCUT2D eigenvalue weighted by Gasteiger charge is 2.14. The van der Waals surface area contributed by atoms with Crippen LogP contribution in [0.1, 0.15) is 9.88 Å². The molecule has 0 saturated heterocycles. The Morgan fingerprint density at radius 1 is 1.50 bits per heavy atom. The zero-order valence-electron chi connectivity index (χ0n) is 11.3. The number of nitrogens with zero attached hydrogens (tertiary/aromatic N) is 2. The predicted molar refractivity (Wildman–Crippen MR) is 78.7 cm³/mol. The molecule has 6 nitrogen and oxygen atoms in total. The van der Waals surface area contributed by atoms with Gasteiger partial charge >= 0.3 is 5.69 Å². The number of nitro benzene ring substituents is 1. The Hall–Kier alpha value is -2.15. The number of hydrogen-bond donors (Lipinski definition) is 1. The van der Waals surface area contributed by atoms with Crippen LogP contribution in [0.15, 0.2) is 24.4 Å². The van der Waals surface area contributed by atoms with Crippen LogP contribution in [0.3, 0.4) is 0 Å². The molecule has 2 rings (SSSR count). The van der Waals surface area contributed by atoms with Crippen molar-refractivity contribution in [2.45, 2.75) is 13.3 Å². The summed E-state index contributed by atoms with van der Waals surface area (Å²) in [5, 5.41) is 15.1. The number of aromatic nitrogens is 1. The first-order chi connectivity index (χ1) is 9.60. The number of thiazole rings is 1. The van der Waals surface area contributed by atoms with Crippen molar-refractivity contribution in [3.63, 3.8) is 0 Å². The minimum atomic E-state index is -0.457. The molecule has 0 spiro atoms. The summed E-state index contributed by atoms with van der Waals surface area (Å²) in [4.78, 5) is 15.8. The fraction of sp³-hybridized carbons (Fsp3) is 0.308. The van der Waals surface area contributed by atoms with Gasteiger partial charge in [0.1, 0.15) is 0 Å². The Kier molecular flexibility index (Phi) is 4.52. The van der Waals surface area contributed by atoms with Crippen LogP contribution in [0.4, 0.5) is 11.4 Å². The molecule has 0 atom stereocenters. The molecule has 1 aromatic carbocycles. The van der Waals surface area contributed by atoms with Gasteiger partial charge in [-0.15, -0.1) is 11.3 Å². The molecule has 0 saturated carbocycles. The summed E-state index contributed by atoms with van der Waals surface area (Å²) in [6.07, 6.45) is 2.67. The van der Waals surface area contributed by atoms with Gasteiger partial charge in [-0.3, -0.25) is 10.1 Å². The Balaban J connectivity index is 1.97. The van der Waals surface area contributed by atoms with Crippen LogP contribution in [0, 0.1) is 17.0 Å². The summed E-state index contributed by atoms with van der Waals surface area (Å²) in [7, 11) is 1.42. The molecular weight excluding hydrogens is 278 g/mol. The van der Waals surface area contributed by atoms with Crippen molar-refractivity contribution < 1.29 is 9.66 Å². The number of anilines is 1. The minimum Gasteiger partial charge on any atom is -0.490 e. The van der Waals surface area contributed by atoms with Crippen LogP contribution in [-0.2, 0) is 6.42 Å². The Morgan fingerprint density at radius 2 is 2.30 bits per heavy atom. The van der Waals surface area contributed by atoms with Gasteiger partial charge < -0.3 is 10.1 Å². The average Bonchev–Trinajstić information content (AvgIpc) is 2.84. The molecule has 0 unspecified atom stereocenters. The third-order valence-electron chi connectivity index (χ3n) is 2.71. The SMILES string of the molecule is COc1cc(NCCc2ncc(C)s2)ccc1[N+](=O)[O-]. The van der Waals surface area contributed by atoms with Gasteiger partial charge in [0.15, 0.2) is 5.75 Å². The first kappa shape index (κ1) is 14.3. The van der Waals surface area contributed by atoms with Crippen molar-refractivity contribution in [1.29, 1.82) is 0 Å². The minimum absolute atomic E-state index is 0.0337. The van der Waals surface area contributed by atoms with E-state index in [1.165, 1.54) is 18.1 Å². The number of nitrogens with one attached hydrogen (secondary N) is 1. The smallest absolute Gasteiger partial charge is 0.311 e. The highest BCUT2D eigenvalue weighted by molar-refractivity contribution is 7.11. The van der Waals surface area contributed by atoms with Crippen molar-refractivity contribution in [3.8, 4) is 5.75 Å². The maximum atomic E-state index is 10.8. The predicted octanol–water partition coefficient (Wildman–Crippen LogP) is 3.02. The molecule has 0 bridgehead atoms. The highest BCUT2D eigenvalue weighted by atomic mass is 32.1. The number of benzene rings is 1. The van der Waals surface area contributed by atoms with Crippen LogP contribution < -0.4 is 10.1 Å². The third-order valence-corrected chi connectivity index (χ3v) is 3.69.